The Balaban J connectivity index is 1.61. The van der Waals surface area contributed by atoms with Crippen molar-refractivity contribution >= 4 is 0 Å². The van der Waals surface area contributed by atoms with Crippen LogP contribution in [-0.4, -0.2) is 24.0 Å². The molecular weight excluding hydrogens is 230 g/mol. The average Bonchev–Trinajstić information content (AvgIpc) is 2.46. The van der Waals surface area contributed by atoms with Crippen molar-refractivity contribution in [2.24, 2.45) is 0 Å². The first-order valence-electron chi connectivity index (χ1n) is 8.20. The number of nitrogens with zero attached hydrogens (tertiary/aromatic N) is 1. The minimum atomic E-state index is 0.829. The first kappa shape index (κ1) is 13.2. The summed E-state index contributed by atoms with van der Waals surface area (Å²) in [5.74, 6) is 0.849. The highest BCUT2D eigenvalue weighted by molar-refractivity contribution is 5.34. The lowest BCUT2D eigenvalue weighted by atomic mass is 9.75. The Hall–Kier alpha value is -0.820. The second-order valence-electron chi connectivity index (χ2n) is 6.37. The van der Waals surface area contributed by atoms with Gasteiger partial charge in [-0.15, -0.1) is 0 Å². The van der Waals surface area contributed by atoms with Crippen LogP contribution < -0.4 is 0 Å². The maximum absolute atomic E-state index is 2.78. The topological polar surface area (TPSA) is 3.24 Å². The number of unbranched alkanes of at least 4 members (excludes halogenated alkanes) is 3. The van der Waals surface area contributed by atoms with Crippen LogP contribution in [0.1, 0.15) is 62.5 Å². The number of fused-ring (bicyclic) bond motifs is 4. The van der Waals surface area contributed by atoms with Crippen LogP contribution in [0.4, 0.5) is 0 Å². The predicted molar refractivity (Wildman–Crippen MR) is 81.6 cm³/mol. The van der Waals surface area contributed by atoms with Crippen molar-refractivity contribution in [1.29, 1.82) is 0 Å². The van der Waals surface area contributed by atoms with E-state index in [-0.39, 0.29) is 0 Å². The van der Waals surface area contributed by atoms with Crippen LogP contribution in [0.25, 0.3) is 0 Å². The fourth-order valence-corrected chi connectivity index (χ4v) is 4.00. The number of benzene rings is 1. The van der Waals surface area contributed by atoms with E-state index in [1.165, 1.54) is 58.0 Å². The van der Waals surface area contributed by atoms with Crippen molar-refractivity contribution in [1.82, 2.24) is 4.90 Å². The smallest absolute Gasteiger partial charge is 0.0142 e. The summed E-state index contributed by atoms with van der Waals surface area (Å²) < 4.78 is 0. The van der Waals surface area contributed by atoms with Gasteiger partial charge < -0.3 is 4.90 Å². The summed E-state index contributed by atoms with van der Waals surface area (Å²) in [7, 11) is 0. The summed E-state index contributed by atoms with van der Waals surface area (Å²) in [6.07, 6.45) is 9.64. The van der Waals surface area contributed by atoms with Gasteiger partial charge in [-0.25, -0.2) is 0 Å². The fourth-order valence-electron chi connectivity index (χ4n) is 4.00. The Bertz CT molecular complexity index is 412. The third kappa shape index (κ3) is 2.86. The molecule has 1 aromatic carbocycles. The molecule has 0 amide bonds. The molecule has 1 heteroatoms. The molecule has 1 aliphatic carbocycles. The van der Waals surface area contributed by atoms with Gasteiger partial charge in [-0.3, -0.25) is 0 Å². The molecular formula is C18H27N. The third-order valence-corrected chi connectivity index (χ3v) is 5.09. The van der Waals surface area contributed by atoms with E-state index >= 15 is 0 Å². The molecule has 2 atom stereocenters. The lowest BCUT2D eigenvalue weighted by Gasteiger charge is -2.44. The molecule has 0 spiro atoms. The molecule has 104 valence electrons. The van der Waals surface area contributed by atoms with Gasteiger partial charge in [-0.2, -0.15) is 0 Å². The largest absolute Gasteiger partial charge is 0.300 e. The molecule has 3 rings (SSSR count). The summed E-state index contributed by atoms with van der Waals surface area (Å²) in [6.45, 7) is 4.96. The molecule has 2 bridgehead atoms. The van der Waals surface area contributed by atoms with Crippen molar-refractivity contribution in [3.05, 3.63) is 35.4 Å². The van der Waals surface area contributed by atoms with Gasteiger partial charge in [0.05, 0.1) is 0 Å². The lowest BCUT2D eigenvalue weighted by molar-refractivity contribution is 0.122. The second-order valence-corrected chi connectivity index (χ2v) is 6.37. The normalized spacial score (nSPS) is 26.2. The second kappa shape index (κ2) is 6.09. The molecule has 1 saturated heterocycles. The van der Waals surface area contributed by atoms with Crippen molar-refractivity contribution in [2.75, 3.05) is 13.1 Å². The minimum absolute atomic E-state index is 0.829. The standard InChI is InChI=1S/C18H27N/c1-2-3-4-7-11-19-12-10-16-14-17(19)13-15-8-5-6-9-18(15)16/h5-6,8-9,16-17H,2-4,7,10-14H2,1H3/t16-,17+/m0/s1. The molecule has 1 fully saturated rings. The van der Waals surface area contributed by atoms with Crippen LogP contribution in [0, 0.1) is 0 Å². The lowest BCUT2D eigenvalue weighted by Crippen LogP contribution is -2.46. The van der Waals surface area contributed by atoms with Gasteiger partial charge in [0.2, 0.25) is 0 Å². The average molecular weight is 257 g/mol. The minimum Gasteiger partial charge on any atom is -0.300 e. The Labute approximate surface area is 118 Å². The van der Waals surface area contributed by atoms with E-state index in [0.717, 1.165) is 12.0 Å². The Kier molecular flexibility index (Phi) is 4.22. The van der Waals surface area contributed by atoms with E-state index < -0.39 is 0 Å². The van der Waals surface area contributed by atoms with Gasteiger partial charge >= 0.3 is 0 Å². The van der Waals surface area contributed by atoms with Gasteiger partial charge in [-0.1, -0.05) is 50.5 Å². The van der Waals surface area contributed by atoms with E-state index in [9.17, 15) is 0 Å². The molecule has 2 aliphatic rings. The van der Waals surface area contributed by atoms with E-state index in [1.54, 1.807) is 11.1 Å². The van der Waals surface area contributed by atoms with Crippen molar-refractivity contribution in [2.45, 2.75) is 63.8 Å². The number of hydrogen-bond acceptors (Lipinski definition) is 1. The summed E-state index contributed by atoms with van der Waals surface area (Å²) in [5.41, 5.74) is 3.28. The molecule has 1 heterocycles. The van der Waals surface area contributed by atoms with E-state index in [0.29, 0.717) is 0 Å². The highest BCUT2D eigenvalue weighted by atomic mass is 15.2. The Morgan fingerprint density at radius 1 is 1.16 bits per heavy atom. The van der Waals surface area contributed by atoms with Crippen LogP contribution >= 0.6 is 0 Å². The van der Waals surface area contributed by atoms with Crippen LogP contribution in [0.3, 0.4) is 0 Å². The monoisotopic (exact) mass is 257 g/mol. The quantitative estimate of drug-likeness (QED) is 0.708. The van der Waals surface area contributed by atoms with Crippen molar-refractivity contribution < 1.29 is 0 Å². The zero-order valence-corrected chi connectivity index (χ0v) is 12.3. The van der Waals surface area contributed by atoms with E-state index in [2.05, 4.69) is 36.1 Å². The maximum Gasteiger partial charge on any atom is 0.0142 e. The molecule has 1 nitrogen and oxygen atoms in total. The van der Waals surface area contributed by atoms with Crippen LogP contribution in [0.2, 0.25) is 0 Å². The molecule has 0 unspecified atom stereocenters. The number of piperidine rings is 1. The van der Waals surface area contributed by atoms with Crippen LogP contribution in [0.5, 0.6) is 0 Å². The fraction of sp³-hybridized carbons (Fsp3) is 0.667. The van der Waals surface area contributed by atoms with Crippen LogP contribution in [-0.2, 0) is 6.42 Å². The maximum atomic E-state index is 2.78. The summed E-state index contributed by atoms with van der Waals surface area (Å²) in [5, 5.41) is 0. The summed E-state index contributed by atoms with van der Waals surface area (Å²) >= 11 is 0. The SMILES string of the molecule is CCCCCCN1CC[C@H]2C[C@H]1Cc1ccccc12. The number of rotatable bonds is 5. The summed E-state index contributed by atoms with van der Waals surface area (Å²) in [4.78, 5) is 2.78. The Morgan fingerprint density at radius 3 is 2.95 bits per heavy atom. The third-order valence-electron chi connectivity index (χ3n) is 5.09. The zero-order valence-electron chi connectivity index (χ0n) is 12.3. The van der Waals surface area contributed by atoms with E-state index in [4.69, 9.17) is 0 Å². The van der Waals surface area contributed by atoms with E-state index in [1.807, 2.05) is 0 Å². The number of hydrogen-bond donors (Lipinski definition) is 0. The van der Waals surface area contributed by atoms with Gasteiger partial charge in [0.25, 0.3) is 0 Å². The Morgan fingerprint density at radius 2 is 2.05 bits per heavy atom. The molecule has 19 heavy (non-hydrogen) atoms. The van der Waals surface area contributed by atoms with Gasteiger partial charge in [0, 0.05) is 6.04 Å². The highest BCUT2D eigenvalue weighted by Crippen LogP contribution is 2.39. The summed E-state index contributed by atoms with van der Waals surface area (Å²) in [6, 6.07) is 9.99. The van der Waals surface area contributed by atoms with Crippen molar-refractivity contribution in [3.8, 4) is 0 Å². The van der Waals surface area contributed by atoms with Gasteiger partial charge in [-0.05, 0) is 55.8 Å². The molecule has 0 N–H and O–H groups in total. The molecule has 0 radical (unpaired) electrons. The molecule has 0 aromatic heterocycles. The first-order valence-corrected chi connectivity index (χ1v) is 8.20. The molecule has 0 saturated carbocycles. The number of likely N-dealkylation sites (tertiary alicyclic amines) is 1. The van der Waals surface area contributed by atoms with Gasteiger partial charge in [0.15, 0.2) is 0 Å². The first-order chi connectivity index (χ1) is 9.38. The van der Waals surface area contributed by atoms with Gasteiger partial charge in [0.1, 0.15) is 0 Å². The highest BCUT2D eigenvalue weighted by Gasteiger charge is 2.34. The molecule has 1 aromatic rings. The van der Waals surface area contributed by atoms with Crippen LogP contribution in [0.15, 0.2) is 24.3 Å². The molecule has 1 aliphatic heterocycles. The zero-order chi connectivity index (χ0) is 13.1. The predicted octanol–water partition coefficient (Wildman–Crippen LogP) is 4.37. The van der Waals surface area contributed by atoms with Crippen molar-refractivity contribution in [3.63, 3.8) is 0 Å².